The molecular formula is C11H8BrN5. The lowest BCUT2D eigenvalue weighted by Gasteiger charge is -2.03. The van der Waals surface area contributed by atoms with Crippen molar-refractivity contribution in [3.63, 3.8) is 0 Å². The van der Waals surface area contributed by atoms with Gasteiger partial charge in [-0.3, -0.25) is 0 Å². The number of halogens is 1. The minimum absolute atomic E-state index is 0.430. The highest BCUT2D eigenvalue weighted by atomic mass is 79.9. The van der Waals surface area contributed by atoms with Crippen LogP contribution in [0.15, 0.2) is 41.1 Å². The van der Waals surface area contributed by atoms with Crippen molar-refractivity contribution in [2.45, 2.75) is 0 Å². The van der Waals surface area contributed by atoms with E-state index in [1.54, 1.807) is 17.1 Å². The van der Waals surface area contributed by atoms with Gasteiger partial charge >= 0.3 is 0 Å². The van der Waals surface area contributed by atoms with Crippen LogP contribution in [0, 0.1) is 0 Å². The molecule has 6 heteroatoms. The van der Waals surface area contributed by atoms with Crippen LogP contribution < -0.4 is 5.73 Å². The molecule has 2 heterocycles. The van der Waals surface area contributed by atoms with E-state index < -0.39 is 0 Å². The maximum atomic E-state index is 5.70. The molecule has 1 aromatic carbocycles. The molecule has 0 aliphatic carbocycles. The largest absolute Gasteiger partial charge is 0.381 e. The predicted molar refractivity (Wildman–Crippen MR) is 68.8 cm³/mol. The van der Waals surface area contributed by atoms with E-state index in [0.29, 0.717) is 11.6 Å². The lowest BCUT2D eigenvalue weighted by atomic mass is 10.2. The zero-order valence-electron chi connectivity index (χ0n) is 8.71. The number of fused-ring (bicyclic) bond motifs is 1. The summed E-state index contributed by atoms with van der Waals surface area (Å²) in [7, 11) is 0. The fourth-order valence-corrected chi connectivity index (χ4v) is 1.93. The molecule has 2 N–H and O–H groups in total. The highest BCUT2D eigenvalue weighted by molar-refractivity contribution is 9.10. The van der Waals surface area contributed by atoms with E-state index in [-0.39, 0.29) is 0 Å². The van der Waals surface area contributed by atoms with Gasteiger partial charge in [0, 0.05) is 17.0 Å². The molecule has 0 amide bonds. The van der Waals surface area contributed by atoms with Crippen molar-refractivity contribution in [2.75, 3.05) is 5.73 Å². The number of aromatic nitrogens is 4. The summed E-state index contributed by atoms with van der Waals surface area (Å²) in [6.45, 7) is 0. The van der Waals surface area contributed by atoms with Gasteiger partial charge in [0.1, 0.15) is 0 Å². The molecule has 0 spiro atoms. The van der Waals surface area contributed by atoms with Crippen LogP contribution in [0.25, 0.3) is 16.6 Å². The molecule has 17 heavy (non-hydrogen) atoms. The first kappa shape index (κ1) is 10.2. The van der Waals surface area contributed by atoms with Gasteiger partial charge < -0.3 is 5.73 Å². The molecule has 0 radical (unpaired) electrons. The summed E-state index contributed by atoms with van der Waals surface area (Å²) >= 11 is 3.32. The third-order valence-electron chi connectivity index (χ3n) is 2.46. The average molecular weight is 290 g/mol. The quantitative estimate of drug-likeness (QED) is 0.745. The molecule has 0 aliphatic heterocycles. The molecule has 0 saturated carbocycles. The molecule has 3 aromatic rings. The fraction of sp³-hybridized carbons (Fsp3) is 0. The van der Waals surface area contributed by atoms with Crippen LogP contribution in [0.3, 0.4) is 0 Å². The highest BCUT2D eigenvalue weighted by Crippen LogP contribution is 2.22. The number of hydrogen-bond donors (Lipinski definition) is 1. The zero-order chi connectivity index (χ0) is 11.8. The Morgan fingerprint density at radius 2 is 2.06 bits per heavy atom. The van der Waals surface area contributed by atoms with Crippen molar-refractivity contribution < 1.29 is 0 Å². The summed E-state index contributed by atoms with van der Waals surface area (Å²) in [5, 5.41) is 14.2. The minimum Gasteiger partial charge on any atom is -0.381 e. The van der Waals surface area contributed by atoms with Crippen molar-refractivity contribution in [1.82, 2.24) is 20.0 Å². The smallest absolute Gasteiger partial charge is 0.183 e. The molecule has 0 unspecified atom stereocenters. The van der Waals surface area contributed by atoms with Gasteiger partial charge in [0.15, 0.2) is 11.6 Å². The van der Waals surface area contributed by atoms with Crippen molar-refractivity contribution >= 4 is 32.5 Å². The van der Waals surface area contributed by atoms with Crippen LogP contribution in [0.5, 0.6) is 0 Å². The van der Waals surface area contributed by atoms with Gasteiger partial charge in [0.25, 0.3) is 0 Å². The van der Waals surface area contributed by atoms with Gasteiger partial charge in [-0.15, -0.1) is 10.2 Å². The van der Waals surface area contributed by atoms with Crippen molar-refractivity contribution in [3.05, 3.63) is 41.1 Å². The maximum Gasteiger partial charge on any atom is 0.183 e. The van der Waals surface area contributed by atoms with E-state index >= 15 is 0 Å². The van der Waals surface area contributed by atoms with Crippen LogP contribution in [0.4, 0.5) is 5.82 Å². The Labute approximate surface area is 105 Å². The minimum atomic E-state index is 0.430. The summed E-state index contributed by atoms with van der Waals surface area (Å²) < 4.78 is 2.36. The lowest BCUT2D eigenvalue weighted by molar-refractivity contribution is 0.829. The van der Waals surface area contributed by atoms with Gasteiger partial charge in [0.2, 0.25) is 0 Å². The summed E-state index contributed by atoms with van der Waals surface area (Å²) in [5.74, 6) is 1.10. The van der Waals surface area contributed by atoms with E-state index in [2.05, 4.69) is 31.2 Å². The molecule has 0 fully saturated rings. The summed E-state index contributed by atoms with van der Waals surface area (Å²) in [4.78, 5) is 0. The van der Waals surface area contributed by atoms with Gasteiger partial charge in [-0.05, 0) is 15.9 Å². The van der Waals surface area contributed by atoms with E-state index in [1.807, 2.05) is 24.3 Å². The Morgan fingerprint density at radius 1 is 1.24 bits per heavy atom. The molecule has 0 bridgehead atoms. The number of nitrogen functional groups attached to an aromatic ring is 1. The third-order valence-corrected chi connectivity index (χ3v) is 3.07. The van der Waals surface area contributed by atoms with Crippen LogP contribution in [0.2, 0.25) is 0 Å². The normalized spacial score (nSPS) is 10.9. The third kappa shape index (κ3) is 1.66. The van der Waals surface area contributed by atoms with Crippen LogP contribution in [-0.4, -0.2) is 20.0 Å². The van der Waals surface area contributed by atoms with E-state index in [4.69, 9.17) is 5.73 Å². The molecule has 2 aromatic heterocycles. The number of rotatable bonds is 1. The second-order valence-corrected chi connectivity index (χ2v) is 4.42. The lowest BCUT2D eigenvalue weighted by Crippen LogP contribution is -2.01. The number of anilines is 1. The van der Waals surface area contributed by atoms with Crippen LogP contribution in [-0.2, 0) is 0 Å². The number of benzene rings is 1. The zero-order valence-corrected chi connectivity index (χ0v) is 10.3. The van der Waals surface area contributed by atoms with Gasteiger partial charge in [0.05, 0.1) is 10.7 Å². The van der Waals surface area contributed by atoms with Gasteiger partial charge in [-0.25, -0.2) is 4.68 Å². The SMILES string of the molecule is Nc1nn(-c2nncc3ccccc23)cc1Br. The van der Waals surface area contributed by atoms with Crippen molar-refractivity contribution in [1.29, 1.82) is 0 Å². The summed E-state index contributed by atoms with van der Waals surface area (Å²) in [5.41, 5.74) is 5.70. The molecular weight excluding hydrogens is 282 g/mol. The summed E-state index contributed by atoms with van der Waals surface area (Å²) in [6.07, 6.45) is 3.49. The van der Waals surface area contributed by atoms with Gasteiger partial charge in [-0.1, -0.05) is 24.3 Å². The van der Waals surface area contributed by atoms with E-state index in [1.165, 1.54) is 0 Å². The average Bonchev–Trinajstić information content (AvgIpc) is 2.69. The molecule has 0 aliphatic rings. The first-order valence-electron chi connectivity index (χ1n) is 4.97. The topological polar surface area (TPSA) is 69.6 Å². The molecule has 0 saturated heterocycles. The monoisotopic (exact) mass is 289 g/mol. The molecule has 0 atom stereocenters. The Balaban J connectivity index is 2.30. The number of nitrogens with zero attached hydrogens (tertiary/aromatic N) is 4. The standard InChI is InChI=1S/C11H8BrN5/c12-9-6-17(16-10(9)13)11-8-4-2-1-3-7(8)5-14-15-11/h1-6H,(H2,13,16). The molecule has 3 rings (SSSR count). The van der Waals surface area contributed by atoms with Crippen molar-refractivity contribution in [2.24, 2.45) is 0 Å². The first-order valence-corrected chi connectivity index (χ1v) is 5.76. The molecule has 5 nitrogen and oxygen atoms in total. The van der Waals surface area contributed by atoms with E-state index in [0.717, 1.165) is 15.2 Å². The highest BCUT2D eigenvalue weighted by Gasteiger charge is 2.09. The Hall–Kier alpha value is -1.95. The Bertz CT molecular complexity index is 666. The number of nitrogens with two attached hydrogens (primary N) is 1. The predicted octanol–water partition coefficient (Wildman–Crippen LogP) is 2.16. The number of hydrogen-bond acceptors (Lipinski definition) is 4. The van der Waals surface area contributed by atoms with Crippen LogP contribution >= 0.6 is 15.9 Å². The van der Waals surface area contributed by atoms with Crippen LogP contribution in [0.1, 0.15) is 0 Å². The second-order valence-electron chi connectivity index (χ2n) is 3.56. The first-order chi connectivity index (χ1) is 8.25. The van der Waals surface area contributed by atoms with Crippen molar-refractivity contribution in [3.8, 4) is 5.82 Å². The maximum absolute atomic E-state index is 5.70. The fourth-order valence-electron chi connectivity index (χ4n) is 1.66. The summed E-state index contributed by atoms with van der Waals surface area (Å²) in [6, 6.07) is 7.87. The van der Waals surface area contributed by atoms with E-state index in [9.17, 15) is 0 Å². The van der Waals surface area contributed by atoms with Gasteiger partial charge in [-0.2, -0.15) is 5.10 Å². The Kier molecular flexibility index (Phi) is 2.29. The molecule has 84 valence electrons. The second kappa shape index (κ2) is 3.81. The Morgan fingerprint density at radius 3 is 2.82 bits per heavy atom.